The Morgan fingerprint density at radius 2 is 1.45 bits per heavy atom. The third-order valence-corrected chi connectivity index (χ3v) is 5.28. The minimum absolute atomic E-state index is 0.0283. The Balaban J connectivity index is 1.38. The van der Waals surface area contributed by atoms with E-state index < -0.39 is 18.1 Å². The van der Waals surface area contributed by atoms with Crippen LogP contribution in [-0.4, -0.2) is 36.4 Å². The number of hydrogen-bond acceptors (Lipinski definition) is 4. The Morgan fingerprint density at radius 3 is 2.06 bits per heavy atom. The maximum absolute atomic E-state index is 12.4. The van der Waals surface area contributed by atoms with E-state index in [0.29, 0.717) is 5.75 Å². The van der Waals surface area contributed by atoms with E-state index in [1.54, 1.807) is 12.1 Å². The summed E-state index contributed by atoms with van der Waals surface area (Å²) in [5.41, 5.74) is 4.52. The zero-order valence-corrected chi connectivity index (χ0v) is 16.9. The molecule has 0 aromatic heterocycles. The Bertz CT molecular complexity index is 1020. The molecule has 0 unspecified atom stereocenters. The van der Waals surface area contributed by atoms with Gasteiger partial charge in [0, 0.05) is 5.92 Å². The van der Waals surface area contributed by atoms with E-state index in [-0.39, 0.29) is 25.6 Å². The summed E-state index contributed by atoms with van der Waals surface area (Å²) in [7, 11) is 0. The molecule has 1 aliphatic carbocycles. The van der Waals surface area contributed by atoms with Crippen LogP contribution in [0.4, 0.5) is 4.79 Å². The maximum atomic E-state index is 12.4. The molecule has 3 aromatic carbocycles. The van der Waals surface area contributed by atoms with Gasteiger partial charge in [-0.05, 0) is 34.4 Å². The van der Waals surface area contributed by atoms with E-state index in [1.807, 2.05) is 54.6 Å². The third kappa shape index (κ3) is 4.86. The van der Waals surface area contributed by atoms with Gasteiger partial charge in [-0.1, -0.05) is 66.7 Å². The van der Waals surface area contributed by atoms with Crippen molar-refractivity contribution in [3.63, 3.8) is 0 Å². The molecule has 1 amide bonds. The molecular formula is C25H23NO5. The third-order valence-electron chi connectivity index (χ3n) is 5.28. The van der Waals surface area contributed by atoms with Gasteiger partial charge in [-0.15, -0.1) is 0 Å². The molecule has 0 fully saturated rings. The first-order valence-electron chi connectivity index (χ1n) is 10.1. The first-order valence-corrected chi connectivity index (χ1v) is 10.1. The second-order valence-electron chi connectivity index (χ2n) is 7.39. The Kier molecular flexibility index (Phi) is 6.17. The summed E-state index contributed by atoms with van der Waals surface area (Å²) in [5, 5.41) is 11.8. The number of carboxylic acids is 1. The van der Waals surface area contributed by atoms with Crippen LogP contribution >= 0.6 is 0 Å². The molecule has 0 radical (unpaired) electrons. The molecule has 6 heteroatoms. The molecule has 1 aliphatic rings. The van der Waals surface area contributed by atoms with E-state index in [2.05, 4.69) is 17.4 Å². The fraction of sp³-hybridized carbons (Fsp3) is 0.200. The van der Waals surface area contributed by atoms with Crippen molar-refractivity contribution in [2.24, 2.45) is 0 Å². The van der Waals surface area contributed by atoms with Crippen molar-refractivity contribution in [2.75, 3.05) is 13.2 Å². The van der Waals surface area contributed by atoms with Gasteiger partial charge < -0.3 is 19.9 Å². The lowest BCUT2D eigenvalue weighted by Gasteiger charge is -2.19. The summed E-state index contributed by atoms with van der Waals surface area (Å²) in [6.45, 7) is 0.194. The quantitative estimate of drug-likeness (QED) is 0.566. The van der Waals surface area contributed by atoms with Gasteiger partial charge in [0.15, 0.2) is 0 Å². The molecule has 6 nitrogen and oxygen atoms in total. The number of ether oxygens (including phenoxy) is 2. The molecule has 0 saturated carbocycles. The van der Waals surface area contributed by atoms with Crippen molar-refractivity contribution in [3.05, 3.63) is 90.0 Å². The number of benzene rings is 3. The van der Waals surface area contributed by atoms with Crippen molar-refractivity contribution in [2.45, 2.75) is 18.4 Å². The molecule has 0 heterocycles. The van der Waals surface area contributed by atoms with Crippen LogP contribution < -0.4 is 10.1 Å². The van der Waals surface area contributed by atoms with Crippen molar-refractivity contribution < 1.29 is 24.2 Å². The maximum Gasteiger partial charge on any atom is 0.407 e. The number of fused-ring (bicyclic) bond motifs is 3. The number of alkyl carbamates (subject to hydrolysis) is 1. The summed E-state index contributed by atoms with van der Waals surface area (Å²) >= 11 is 0. The fourth-order valence-electron chi connectivity index (χ4n) is 3.88. The number of carbonyl (C=O) groups excluding carboxylic acids is 1. The SMILES string of the molecule is O=C(O)C[C@H](COc1ccccc1)NC(=O)OCC1c2ccccc2-c2ccccc21. The van der Waals surface area contributed by atoms with E-state index in [9.17, 15) is 9.59 Å². The van der Waals surface area contributed by atoms with Crippen molar-refractivity contribution in [1.82, 2.24) is 5.32 Å². The topological polar surface area (TPSA) is 84.9 Å². The van der Waals surface area contributed by atoms with Gasteiger partial charge in [0.2, 0.25) is 0 Å². The lowest BCUT2D eigenvalue weighted by molar-refractivity contribution is -0.137. The zero-order valence-electron chi connectivity index (χ0n) is 16.9. The average molecular weight is 417 g/mol. The fourth-order valence-corrected chi connectivity index (χ4v) is 3.88. The predicted octanol–water partition coefficient (Wildman–Crippen LogP) is 4.45. The Hall–Kier alpha value is -3.80. The molecule has 4 rings (SSSR count). The van der Waals surface area contributed by atoms with Crippen LogP contribution in [0.1, 0.15) is 23.5 Å². The van der Waals surface area contributed by atoms with Gasteiger partial charge in [-0.25, -0.2) is 4.79 Å². The van der Waals surface area contributed by atoms with E-state index in [4.69, 9.17) is 14.6 Å². The summed E-state index contributed by atoms with van der Waals surface area (Å²) in [6.07, 6.45) is -0.929. The molecule has 3 aromatic rings. The average Bonchev–Trinajstić information content (AvgIpc) is 3.10. The number of aliphatic carboxylic acids is 1. The number of hydrogen-bond donors (Lipinski definition) is 2. The highest BCUT2D eigenvalue weighted by Crippen LogP contribution is 2.44. The van der Waals surface area contributed by atoms with Gasteiger partial charge in [0.25, 0.3) is 0 Å². The summed E-state index contributed by atoms with van der Waals surface area (Å²) in [6, 6.07) is 24.5. The summed E-state index contributed by atoms with van der Waals surface area (Å²) < 4.78 is 11.1. The van der Waals surface area contributed by atoms with Crippen molar-refractivity contribution in [3.8, 4) is 16.9 Å². The van der Waals surface area contributed by atoms with Gasteiger partial charge in [0.05, 0.1) is 12.5 Å². The van der Waals surface area contributed by atoms with Crippen molar-refractivity contribution >= 4 is 12.1 Å². The van der Waals surface area contributed by atoms with Crippen LogP contribution in [-0.2, 0) is 9.53 Å². The Labute approximate surface area is 180 Å². The molecule has 0 aliphatic heterocycles. The number of carboxylic acid groups (broad SMARTS) is 1. The molecule has 1 atom stereocenters. The van der Waals surface area contributed by atoms with E-state index >= 15 is 0 Å². The number of para-hydroxylation sites is 1. The second-order valence-corrected chi connectivity index (χ2v) is 7.39. The van der Waals surface area contributed by atoms with E-state index in [1.165, 1.54) is 0 Å². The van der Waals surface area contributed by atoms with Crippen LogP contribution in [0.2, 0.25) is 0 Å². The zero-order chi connectivity index (χ0) is 21.6. The first-order chi connectivity index (χ1) is 15.1. The summed E-state index contributed by atoms with van der Waals surface area (Å²) in [4.78, 5) is 23.6. The minimum Gasteiger partial charge on any atom is -0.491 e. The van der Waals surface area contributed by atoms with Crippen LogP contribution in [0.3, 0.4) is 0 Å². The lowest BCUT2D eigenvalue weighted by Crippen LogP contribution is -2.41. The van der Waals surface area contributed by atoms with Gasteiger partial charge in [-0.3, -0.25) is 4.79 Å². The van der Waals surface area contributed by atoms with Crippen molar-refractivity contribution in [1.29, 1.82) is 0 Å². The Morgan fingerprint density at radius 1 is 0.871 bits per heavy atom. The first kappa shape index (κ1) is 20.5. The smallest absolute Gasteiger partial charge is 0.407 e. The highest BCUT2D eigenvalue weighted by atomic mass is 16.5. The van der Waals surface area contributed by atoms with Crippen LogP contribution in [0.15, 0.2) is 78.9 Å². The molecular weight excluding hydrogens is 394 g/mol. The normalized spacial score (nSPS) is 13.0. The number of amides is 1. The van der Waals surface area contributed by atoms with Gasteiger partial charge in [-0.2, -0.15) is 0 Å². The van der Waals surface area contributed by atoms with Crippen LogP contribution in [0, 0.1) is 0 Å². The molecule has 0 saturated heterocycles. The number of nitrogens with one attached hydrogen (secondary N) is 1. The van der Waals surface area contributed by atoms with E-state index in [0.717, 1.165) is 22.3 Å². The van der Waals surface area contributed by atoms with Gasteiger partial charge in [0.1, 0.15) is 19.0 Å². The lowest BCUT2D eigenvalue weighted by atomic mass is 9.98. The molecule has 31 heavy (non-hydrogen) atoms. The largest absolute Gasteiger partial charge is 0.491 e. The monoisotopic (exact) mass is 417 g/mol. The number of rotatable bonds is 8. The molecule has 0 spiro atoms. The second kappa shape index (κ2) is 9.34. The molecule has 2 N–H and O–H groups in total. The highest BCUT2D eigenvalue weighted by Gasteiger charge is 2.29. The molecule has 158 valence electrons. The van der Waals surface area contributed by atoms with Gasteiger partial charge >= 0.3 is 12.1 Å². The van der Waals surface area contributed by atoms with Crippen LogP contribution in [0.5, 0.6) is 5.75 Å². The standard InChI is InChI=1S/C25H23NO5/c27-24(28)14-17(15-30-18-8-2-1-3-9-18)26-25(29)31-16-23-21-12-6-4-10-19(21)20-11-5-7-13-22(20)23/h1-13,17,23H,14-16H2,(H,26,29)(H,27,28)/t17-/m1/s1. The minimum atomic E-state index is -1.03. The summed E-state index contributed by atoms with van der Waals surface area (Å²) in [5.74, 6) is -0.482. The number of carbonyl (C=O) groups is 2. The van der Waals surface area contributed by atoms with Crippen LogP contribution in [0.25, 0.3) is 11.1 Å². The highest BCUT2D eigenvalue weighted by molar-refractivity contribution is 5.79. The predicted molar refractivity (Wildman–Crippen MR) is 116 cm³/mol. The molecule has 0 bridgehead atoms.